The summed E-state index contributed by atoms with van der Waals surface area (Å²) >= 11 is 0. The Kier molecular flexibility index (Phi) is 6.86. The van der Waals surface area contributed by atoms with Crippen LogP contribution < -0.4 is 20.5 Å². The molecular weight excluding hydrogens is 368 g/mol. The molecule has 3 rings (SSSR count). The average Bonchev–Trinajstić information content (AvgIpc) is 3.22. The van der Waals surface area contributed by atoms with Crippen molar-refractivity contribution in [1.82, 2.24) is 15.1 Å². The Morgan fingerprint density at radius 1 is 1.10 bits per heavy atom. The van der Waals surface area contributed by atoms with E-state index in [1.165, 1.54) is 0 Å². The Hall–Kier alpha value is -3.32. The number of benzene rings is 2. The third kappa shape index (κ3) is 4.75. The second-order valence-corrected chi connectivity index (χ2v) is 6.49. The first-order valence-corrected chi connectivity index (χ1v) is 9.53. The van der Waals surface area contributed by atoms with Gasteiger partial charge in [0.1, 0.15) is 17.2 Å². The quantitative estimate of drug-likeness (QED) is 0.545. The van der Waals surface area contributed by atoms with Crippen LogP contribution in [0.15, 0.2) is 54.7 Å². The molecule has 0 aliphatic carbocycles. The van der Waals surface area contributed by atoms with Crippen molar-refractivity contribution in [3.8, 4) is 28.4 Å². The predicted octanol–water partition coefficient (Wildman–Crippen LogP) is 3.03. The minimum atomic E-state index is -0.183. The summed E-state index contributed by atoms with van der Waals surface area (Å²) in [5.74, 6) is 1.07. The van der Waals surface area contributed by atoms with Gasteiger partial charge in [0.05, 0.1) is 25.5 Å². The Labute approximate surface area is 170 Å². The number of carbonyl (C=O) groups is 1. The number of ether oxygens (including phenoxy) is 2. The van der Waals surface area contributed by atoms with E-state index in [1.54, 1.807) is 31.2 Å². The summed E-state index contributed by atoms with van der Waals surface area (Å²) in [4.78, 5) is 12.9. The van der Waals surface area contributed by atoms with Gasteiger partial charge in [-0.2, -0.15) is 5.10 Å². The van der Waals surface area contributed by atoms with E-state index >= 15 is 0 Å². The SMILES string of the molecule is COc1ccc(-c2nn(-c3ccccc3)cc2C(=O)NCCCCN)c(OC)c1. The lowest BCUT2D eigenvalue weighted by molar-refractivity contribution is 0.0953. The van der Waals surface area contributed by atoms with Gasteiger partial charge in [-0.05, 0) is 43.7 Å². The van der Waals surface area contributed by atoms with E-state index in [0.29, 0.717) is 35.8 Å². The first-order chi connectivity index (χ1) is 14.2. The third-order valence-corrected chi connectivity index (χ3v) is 4.56. The van der Waals surface area contributed by atoms with Crippen LogP contribution in [0.3, 0.4) is 0 Å². The smallest absolute Gasteiger partial charge is 0.255 e. The number of unbranched alkanes of at least 4 members (excludes halogenated alkanes) is 1. The maximum Gasteiger partial charge on any atom is 0.255 e. The minimum Gasteiger partial charge on any atom is -0.497 e. The average molecular weight is 394 g/mol. The predicted molar refractivity (Wildman–Crippen MR) is 113 cm³/mol. The normalized spacial score (nSPS) is 10.6. The molecule has 0 spiro atoms. The fraction of sp³-hybridized carbons (Fsp3) is 0.273. The van der Waals surface area contributed by atoms with Crippen molar-refractivity contribution in [1.29, 1.82) is 0 Å². The topological polar surface area (TPSA) is 91.4 Å². The molecule has 0 bridgehead atoms. The first-order valence-electron chi connectivity index (χ1n) is 9.53. The molecule has 0 radical (unpaired) electrons. The highest BCUT2D eigenvalue weighted by Gasteiger charge is 2.21. The van der Waals surface area contributed by atoms with Gasteiger partial charge in [-0.15, -0.1) is 0 Å². The Morgan fingerprint density at radius 2 is 1.90 bits per heavy atom. The van der Waals surface area contributed by atoms with Crippen LogP contribution in [-0.2, 0) is 0 Å². The molecule has 0 unspecified atom stereocenters. The summed E-state index contributed by atoms with van der Waals surface area (Å²) in [5.41, 5.74) is 8.13. The third-order valence-electron chi connectivity index (χ3n) is 4.56. The van der Waals surface area contributed by atoms with Crippen LogP contribution in [0.5, 0.6) is 11.5 Å². The van der Waals surface area contributed by atoms with E-state index in [4.69, 9.17) is 20.3 Å². The zero-order chi connectivity index (χ0) is 20.6. The maximum absolute atomic E-state index is 12.9. The highest BCUT2D eigenvalue weighted by molar-refractivity contribution is 6.00. The Balaban J connectivity index is 2.02. The lowest BCUT2D eigenvalue weighted by Crippen LogP contribution is -2.25. The van der Waals surface area contributed by atoms with Gasteiger partial charge in [-0.3, -0.25) is 4.79 Å². The Bertz CT molecular complexity index is 954. The fourth-order valence-corrected chi connectivity index (χ4v) is 3.01. The van der Waals surface area contributed by atoms with Crippen molar-refractivity contribution in [2.75, 3.05) is 27.3 Å². The van der Waals surface area contributed by atoms with E-state index < -0.39 is 0 Å². The molecule has 0 aliphatic rings. The van der Waals surface area contributed by atoms with Gasteiger partial charge in [0.2, 0.25) is 0 Å². The zero-order valence-electron chi connectivity index (χ0n) is 16.7. The molecule has 0 aliphatic heterocycles. The molecule has 2 aromatic carbocycles. The second-order valence-electron chi connectivity index (χ2n) is 6.49. The van der Waals surface area contributed by atoms with Crippen LogP contribution in [0.1, 0.15) is 23.2 Å². The van der Waals surface area contributed by atoms with Gasteiger partial charge >= 0.3 is 0 Å². The first kappa shape index (κ1) is 20.4. The van der Waals surface area contributed by atoms with Gasteiger partial charge < -0.3 is 20.5 Å². The molecule has 152 valence electrons. The molecular formula is C22H26N4O3. The number of nitrogens with one attached hydrogen (secondary N) is 1. The number of para-hydroxylation sites is 1. The van der Waals surface area contributed by atoms with Crippen LogP contribution in [0.2, 0.25) is 0 Å². The molecule has 3 N–H and O–H groups in total. The molecule has 0 fully saturated rings. The fourth-order valence-electron chi connectivity index (χ4n) is 3.01. The molecule has 1 heterocycles. The van der Waals surface area contributed by atoms with Crippen LogP contribution in [0.4, 0.5) is 0 Å². The number of rotatable bonds is 9. The molecule has 7 nitrogen and oxygen atoms in total. The molecule has 1 aromatic heterocycles. The van der Waals surface area contributed by atoms with Crippen molar-refractivity contribution in [2.45, 2.75) is 12.8 Å². The van der Waals surface area contributed by atoms with Gasteiger partial charge in [-0.25, -0.2) is 4.68 Å². The second kappa shape index (κ2) is 9.75. The lowest BCUT2D eigenvalue weighted by Gasteiger charge is -2.10. The van der Waals surface area contributed by atoms with Crippen molar-refractivity contribution < 1.29 is 14.3 Å². The highest BCUT2D eigenvalue weighted by Crippen LogP contribution is 2.34. The number of aromatic nitrogens is 2. The Morgan fingerprint density at radius 3 is 2.59 bits per heavy atom. The number of amides is 1. The monoisotopic (exact) mass is 394 g/mol. The largest absolute Gasteiger partial charge is 0.497 e. The van der Waals surface area contributed by atoms with E-state index in [1.807, 2.05) is 42.5 Å². The molecule has 3 aromatic rings. The van der Waals surface area contributed by atoms with Crippen LogP contribution in [0, 0.1) is 0 Å². The number of methoxy groups -OCH3 is 2. The molecule has 0 atom stereocenters. The summed E-state index contributed by atoms with van der Waals surface area (Å²) < 4.78 is 12.5. The van der Waals surface area contributed by atoms with Crippen LogP contribution >= 0.6 is 0 Å². The van der Waals surface area contributed by atoms with E-state index in [-0.39, 0.29) is 5.91 Å². The molecule has 29 heavy (non-hydrogen) atoms. The van der Waals surface area contributed by atoms with Crippen LogP contribution in [-0.4, -0.2) is 43.0 Å². The van der Waals surface area contributed by atoms with Gasteiger partial charge in [0.15, 0.2) is 0 Å². The highest BCUT2D eigenvalue weighted by atomic mass is 16.5. The lowest BCUT2D eigenvalue weighted by atomic mass is 10.1. The standard InChI is InChI=1S/C22H26N4O3/c1-28-17-10-11-18(20(14-17)29-2)21-19(22(27)24-13-7-6-12-23)15-26(25-21)16-8-4-3-5-9-16/h3-5,8-11,14-15H,6-7,12-13,23H2,1-2H3,(H,24,27). The van der Waals surface area contributed by atoms with Gasteiger partial charge in [-0.1, -0.05) is 18.2 Å². The number of hydrogen-bond acceptors (Lipinski definition) is 5. The number of nitrogens with zero attached hydrogens (tertiary/aromatic N) is 2. The number of nitrogens with two attached hydrogens (primary N) is 1. The van der Waals surface area contributed by atoms with Crippen molar-refractivity contribution in [3.05, 3.63) is 60.3 Å². The molecule has 7 heteroatoms. The van der Waals surface area contributed by atoms with Gasteiger partial charge in [0, 0.05) is 24.4 Å². The number of carbonyl (C=O) groups excluding carboxylic acids is 1. The molecule has 1 amide bonds. The van der Waals surface area contributed by atoms with E-state index in [0.717, 1.165) is 24.1 Å². The summed E-state index contributed by atoms with van der Waals surface area (Å²) in [7, 11) is 3.18. The molecule has 0 saturated heterocycles. The van der Waals surface area contributed by atoms with Gasteiger partial charge in [0.25, 0.3) is 5.91 Å². The van der Waals surface area contributed by atoms with Crippen molar-refractivity contribution in [3.63, 3.8) is 0 Å². The van der Waals surface area contributed by atoms with E-state index in [9.17, 15) is 4.79 Å². The van der Waals surface area contributed by atoms with E-state index in [2.05, 4.69) is 5.32 Å². The maximum atomic E-state index is 12.9. The summed E-state index contributed by atoms with van der Waals surface area (Å²) in [6, 6.07) is 15.1. The summed E-state index contributed by atoms with van der Waals surface area (Å²) in [5, 5.41) is 7.65. The van der Waals surface area contributed by atoms with Crippen LogP contribution in [0.25, 0.3) is 16.9 Å². The van der Waals surface area contributed by atoms with Crippen molar-refractivity contribution >= 4 is 5.91 Å². The summed E-state index contributed by atoms with van der Waals surface area (Å²) in [6.07, 6.45) is 3.44. The van der Waals surface area contributed by atoms with Crippen molar-refractivity contribution in [2.24, 2.45) is 5.73 Å². The molecule has 0 saturated carbocycles. The summed E-state index contributed by atoms with van der Waals surface area (Å²) in [6.45, 7) is 1.17. The number of hydrogen-bond donors (Lipinski definition) is 2. The zero-order valence-corrected chi connectivity index (χ0v) is 16.7. The minimum absolute atomic E-state index is 0.183.